The van der Waals surface area contributed by atoms with Crippen LogP contribution in [0.5, 0.6) is 0 Å². The van der Waals surface area contributed by atoms with Gasteiger partial charge in [-0.3, -0.25) is 4.79 Å². The zero-order chi connectivity index (χ0) is 17.7. The molecule has 0 atom stereocenters. The van der Waals surface area contributed by atoms with Gasteiger partial charge in [-0.2, -0.15) is 0 Å². The van der Waals surface area contributed by atoms with Gasteiger partial charge in [0.25, 0.3) is 5.91 Å². The van der Waals surface area contributed by atoms with Crippen molar-refractivity contribution in [1.82, 2.24) is 5.32 Å². The molecule has 1 aromatic carbocycles. The predicted octanol–water partition coefficient (Wildman–Crippen LogP) is 2.25. The molecule has 3 rings (SSSR count). The number of anilines is 1. The van der Waals surface area contributed by atoms with Crippen molar-refractivity contribution in [3.8, 4) is 0 Å². The number of carbonyl (C=O) groups is 1. The summed E-state index contributed by atoms with van der Waals surface area (Å²) in [6, 6.07) is 7.90. The van der Waals surface area contributed by atoms with Gasteiger partial charge in [-0.15, -0.1) is 0 Å². The lowest BCUT2D eigenvalue weighted by Crippen LogP contribution is -3.22. The Morgan fingerprint density at radius 3 is 2.20 bits per heavy atom. The second-order valence-electron chi connectivity index (χ2n) is 8.13. The molecule has 4 nitrogen and oxygen atoms in total. The first-order valence-corrected chi connectivity index (χ1v) is 10.0. The topological polar surface area (TPSA) is 36.8 Å². The van der Waals surface area contributed by atoms with Gasteiger partial charge >= 0.3 is 0 Å². The number of nitrogens with zero attached hydrogens (tertiary/aromatic N) is 1. The van der Waals surface area contributed by atoms with Crippen molar-refractivity contribution >= 4 is 11.6 Å². The number of hydrogen-bond acceptors (Lipinski definition) is 2. The number of hydrogen-bond donors (Lipinski definition) is 2. The van der Waals surface area contributed by atoms with E-state index in [0.717, 1.165) is 17.8 Å². The Kier molecular flexibility index (Phi) is 6.00. The van der Waals surface area contributed by atoms with Gasteiger partial charge in [0.1, 0.15) is 5.54 Å². The fraction of sp³-hybridized carbons (Fsp3) is 0.667. The lowest BCUT2D eigenvalue weighted by molar-refractivity contribution is -0.957. The van der Waals surface area contributed by atoms with Gasteiger partial charge in [0, 0.05) is 38.2 Å². The summed E-state index contributed by atoms with van der Waals surface area (Å²) >= 11 is 0. The number of piperidine rings is 1. The monoisotopic (exact) mass is 344 g/mol. The molecule has 0 aromatic heterocycles. The van der Waals surface area contributed by atoms with E-state index in [1.54, 1.807) is 4.90 Å². The molecule has 2 N–H and O–H groups in total. The summed E-state index contributed by atoms with van der Waals surface area (Å²) in [5, 5.41) is 3.28. The Morgan fingerprint density at radius 1 is 1.00 bits per heavy atom. The van der Waals surface area contributed by atoms with E-state index >= 15 is 0 Å². The second kappa shape index (κ2) is 8.22. The van der Waals surface area contributed by atoms with E-state index in [2.05, 4.69) is 10.2 Å². The molecule has 1 saturated heterocycles. The quantitative estimate of drug-likeness (QED) is 0.860. The van der Waals surface area contributed by atoms with E-state index < -0.39 is 0 Å². The van der Waals surface area contributed by atoms with Crippen LogP contribution in [0.25, 0.3) is 0 Å². The Hall–Kier alpha value is -1.55. The molecule has 0 bridgehead atoms. The zero-order valence-electron chi connectivity index (χ0n) is 15.9. The smallest absolute Gasteiger partial charge is 0.251 e. The van der Waals surface area contributed by atoms with Crippen LogP contribution in [0, 0.1) is 0 Å². The van der Waals surface area contributed by atoms with E-state index in [9.17, 15) is 4.79 Å². The van der Waals surface area contributed by atoms with Crippen LogP contribution in [0.3, 0.4) is 0 Å². The lowest BCUT2D eigenvalue weighted by Gasteiger charge is -2.45. The van der Waals surface area contributed by atoms with Crippen LogP contribution in [0.1, 0.15) is 61.7 Å². The van der Waals surface area contributed by atoms with E-state index in [0.29, 0.717) is 0 Å². The van der Waals surface area contributed by atoms with Crippen molar-refractivity contribution < 1.29 is 9.69 Å². The van der Waals surface area contributed by atoms with E-state index in [1.807, 2.05) is 38.4 Å². The van der Waals surface area contributed by atoms with Crippen molar-refractivity contribution in [3.63, 3.8) is 0 Å². The number of benzene rings is 1. The van der Waals surface area contributed by atoms with Crippen LogP contribution in [0.4, 0.5) is 5.69 Å². The van der Waals surface area contributed by atoms with Crippen molar-refractivity contribution in [2.24, 2.45) is 0 Å². The third-order valence-corrected chi connectivity index (χ3v) is 6.25. The molecule has 0 unspecified atom stereocenters. The highest BCUT2D eigenvalue weighted by atomic mass is 16.1. The molecule has 0 radical (unpaired) electrons. The first kappa shape index (κ1) is 18.2. The molecule has 2 aliphatic rings. The normalized spacial score (nSPS) is 20.9. The molecule has 1 amide bonds. The van der Waals surface area contributed by atoms with Crippen LogP contribution in [0.2, 0.25) is 0 Å². The van der Waals surface area contributed by atoms with Crippen molar-refractivity contribution in [1.29, 1.82) is 0 Å². The Labute approximate surface area is 152 Å². The van der Waals surface area contributed by atoms with Gasteiger partial charge < -0.3 is 15.1 Å². The molecule has 1 heterocycles. The highest BCUT2D eigenvalue weighted by molar-refractivity contribution is 5.94. The lowest BCUT2D eigenvalue weighted by atomic mass is 9.79. The molecule has 25 heavy (non-hydrogen) atoms. The third kappa shape index (κ3) is 4.35. The maximum atomic E-state index is 12.7. The minimum atomic E-state index is 0.0756. The average Bonchev–Trinajstić information content (AvgIpc) is 2.67. The number of rotatable bonds is 5. The van der Waals surface area contributed by atoms with E-state index in [4.69, 9.17) is 0 Å². The van der Waals surface area contributed by atoms with Crippen LogP contribution < -0.4 is 15.1 Å². The van der Waals surface area contributed by atoms with Gasteiger partial charge in [0.05, 0.1) is 19.6 Å². The second-order valence-corrected chi connectivity index (χ2v) is 8.13. The summed E-state index contributed by atoms with van der Waals surface area (Å²) in [7, 11) is 4.03. The average molecular weight is 345 g/mol. The molecular formula is C21H34N3O+. The van der Waals surface area contributed by atoms with Crippen molar-refractivity contribution in [2.75, 3.05) is 38.6 Å². The fourth-order valence-electron chi connectivity index (χ4n) is 4.66. The third-order valence-electron chi connectivity index (χ3n) is 6.25. The summed E-state index contributed by atoms with van der Waals surface area (Å²) in [5.41, 5.74) is 2.17. The van der Waals surface area contributed by atoms with Crippen molar-refractivity contribution in [3.05, 3.63) is 29.8 Å². The maximum Gasteiger partial charge on any atom is 0.251 e. The highest BCUT2D eigenvalue weighted by Crippen LogP contribution is 2.26. The Balaban J connectivity index is 1.64. The van der Waals surface area contributed by atoms with Crippen LogP contribution >= 0.6 is 0 Å². The summed E-state index contributed by atoms with van der Waals surface area (Å²) in [4.78, 5) is 16.5. The van der Waals surface area contributed by atoms with E-state index in [-0.39, 0.29) is 11.4 Å². The van der Waals surface area contributed by atoms with Gasteiger partial charge in [0.15, 0.2) is 0 Å². The van der Waals surface area contributed by atoms with E-state index in [1.165, 1.54) is 64.5 Å². The summed E-state index contributed by atoms with van der Waals surface area (Å²) in [6.07, 6.45) is 10.6. The molecule has 4 heteroatoms. The molecule has 1 aromatic rings. The largest absolute Gasteiger partial charge is 0.378 e. The molecule has 1 aliphatic heterocycles. The molecular weight excluding hydrogens is 310 g/mol. The number of amides is 1. The summed E-state index contributed by atoms with van der Waals surface area (Å²) < 4.78 is 0. The molecule has 0 spiro atoms. The number of quaternary nitrogens is 1. The maximum absolute atomic E-state index is 12.7. The van der Waals surface area contributed by atoms with Gasteiger partial charge in [-0.1, -0.05) is 6.42 Å². The fourth-order valence-corrected chi connectivity index (χ4v) is 4.66. The first-order valence-electron chi connectivity index (χ1n) is 10.0. The number of carbonyl (C=O) groups excluding carboxylic acids is 1. The summed E-state index contributed by atoms with van der Waals surface area (Å²) in [5.74, 6) is 0.0756. The summed E-state index contributed by atoms with van der Waals surface area (Å²) in [6.45, 7) is 3.40. The predicted molar refractivity (Wildman–Crippen MR) is 103 cm³/mol. The number of nitrogens with one attached hydrogen (secondary N) is 2. The molecule has 138 valence electrons. The minimum Gasteiger partial charge on any atom is -0.378 e. The molecule has 2 fully saturated rings. The molecule has 1 saturated carbocycles. The van der Waals surface area contributed by atoms with Gasteiger partial charge in [-0.25, -0.2) is 0 Å². The minimum absolute atomic E-state index is 0.0756. The van der Waals surface area contributed by atoms with Crippen LogP contribution in [-0.2, 0) is 0 Å². The Bertz CT molecular complexity index is 555. The number of likely N-dealkylation sites (tertiary alicyclic amines) is 1. The zero-order valence-corrected chi connectivity index (χ0v) is 15.9. The molecule has 1 aliphatic carbocycles. The van der Waals surface area contributed by atoms with Crippen molar-refractivity contribution in [2.45, 2.75) is 56.9 Å². The first-order chi connectivity index (χ1) is 12.1. The highest BCUT2D eigenvalue weighted by Gasteiger charge is 2.42. The van der Waals surface area contributed by atoms with Gasteiger partial charge in [0.2, 0.25) is 0 Å². The Morgan fingerprint density at radius 2 is 1.60 bits per heavy atom. The van der Waals surface area contributed by atoms with Crippen LogP contribution in [-0.4, -0.2) is 45.2 Å². The van der Waals surface area contributed by atoms with Crippen LogP contribution in [0.15, 0.2) is 24.3 Å². The van der Waals surface area contributed by atoms with Gasteiger partial charge in [-0.05, 0) is 56.4 Å². The SMILES string of the molecule is CN(C)c1ccc(C(=O)NCC2([NH+]3CCCCC3)CCCCC2)cc1. The standard InChI is InChI=1S/C21H33N3O/c1-23(2)19-11-9-18(10-12-19)20(25)22-17-21(13-5-3-6-14-21)24-15-7-4-8-16-24/h9-12H,3-8,13-17H2,1-2H3,(H,22,25)/p+1.